The largest absolute Gasteiger partial charge is 0.392 e. The van der Waals surface area contributed by atoms with Crippen LogP contribution in [0.2, 0.25) is 0 Å². The number of fused-ring (bicyclic) bond motifs is 3. The van der Waals surface area contributed by atoms with Gasteiger partial charge in [-0.25, -0.2) is 0 Å². The Balaban J connectivity index is 0.000000304. The predicted octanol–water partition coefficient (Wildman–Crippen LogP) is 17.8. The summed E-state index contributed by atoms with van der Waals surface area (Å²) >= 11 is 0. The van der Waals surface area contributed by atoms with Crippen LogP contribution in [-0.2, 0) is 0 Å². The minimum Gasteiger partial charge on any atom is -0.392 e. The molecule has 0 aliphatic heterocycles. The van der Waals surface area contributed by atoms with E-state index in [9.17, 15) is 30.6 Å². The molecule has 9 aliphatic carbocycles. The summed E-state index contributed by atoms with van der Waals surface area (Å²) in [5.41, 5.74) is 10.5. The molecule has 0 aromatic heterocycles. The lowest BCUT2D eigenvalue weighted by Gasteiger charge is -2.44. The molecule has 0 saturated heterocycles. The smallest absolute Gasteiger partial charge is 0.0809 e. The van der Waals surface area contributed by atoms with Crippen LogP contribution in [0, 0.1) is 81.3 Å². The molecule has 9 rings (SSSR count). The fourth-order valence-corrected chi connectivity index (χ4v) is 18.1. The lowest BCUT2D eigenvalue weighted by Crippen LogP contribution is -2.36. The summed E-state index contributed by atoms with van der Waals surface area (Å²) in [6.07, 6.45) is 38.9. The highest BCUT2D eigenvalue weighted by molar-refractivity contribution is 5.31. The molecule has 0 bridgehead atoms. The van der Waals surface area contributed by atoms with E-state index in [-0.39, 0.29) is 35.5 Å². The number of aliphatic hydroxyl groups excluding tert-OH is 6. The van der Waals surface area contributed by atoms with Gasteiger partial charge in [0.25, 0.3) is 0 Å². The molecule has 450 valence electrons. The zero-order valence-electron chi connectivity index (χ0n) is 49.6. The van der Waals surface area contributed by atoms with E-state index in [2.05, 4.69) is 105 Å². The first kappa shape index (κ1) is 68.4. The van der Waals surface area contributed by atoms with Gasteiger partial charge in [0.15, 0.2) is 0 Å². The maximum Gasteiger partial charge on any atom is 0.0809 e. The van der Waals surface area contributed by atoms with Crippen LogP contribution in [0.5, 0.6) is 0 Å². The second-order valence-electron chi connectivity index (χ2n) is 28.0. The van der Waals surface area contributed by atoms with Gasteiger partial charge < -0.3 is 30.6 Å². The van der Waals surface area contributed by atoms with E-state index in [0.717, 1.165) is 84.5 Å². The van der Waals surface area contributed by atoms with E-state index in [4.69, 9.17) is 0 Å². The summed E-state index contributed by atoms with van der Waals surface area (Å²) in [6, 6.07) is 0. The Morgan fingerprint density at radius 3 is 0.962 bits per heavy atom. The van der Waals surface area contributed by atoms with E-state index in [1.54, 1.807) is 16.7 Å². The van der Waals surface area contributed by atoms with E-state index in [0.29, 0.717) is 34.7 Å². The number of hydrogen-bond donors (Lipinski definition) is 6. The van der Waals surface area contributed by atoms with Crippen molar-refractivity contribution in [3.8, 4) is 0 Å². The van der Waals surface area contributed by atoms with Gasteiger partial charge >= 0.3 is 0 Å². The van der Waals surface area contributed by atoms with Gasteiger partial charge in [-0.1, -0.05) is 194 Å². The molecule has 0 aromatic rings. The normalized spacial score (nSPS) is 42.0. The van der Waals surface area contributed by atoms with E-state index >= 15 is 0 Å². The molecule has 0 amide bonds. The van der Waals surface area contributed by atoms with E-state index < -0.39 is 36.6 Å². The molecule has 6 heteroatoms. The van der Waals surface area contributed by atoms with Gasteiger partial charge in [-0.2, -0.15) is 0 Å². The summed E-state index contributed by atoms with van der Waals surface area (Å²) in [4.78, 5) is 0. The van der Waals surface area contributed by atoms with Gasteiger partial charge in [0.2, 0.25) is 0 Å². The maximum absolute atomic E-state index is 10.1. The van der Waals surface area contributed by atoms with Crippen LogP contribution in [-0.4, -0.2) is 67.3 Å². The molecule has 9 saturated carbocycles. The molecule has 6 nitrogen and oxygen atoms in total. The second-order valence-corrected chi connectivity index (χ2v) is 28.0. The third-order valence-corrected chi connectivity index (χ3v) is 23.8. The molecule has 9 fully saturated rings. The summed E-state index contributed by atoms with van der Waals surface area (Å²) in [5.74, 6) is 7.30. The Kier molecular flexibility index (Phi) is 25.8. The molecule has 9 aliphatic rings. The van der Waals surface area contributed by atoms with E-state index in [1.807, 2.05) is 13.8 Å². The van der Waals surface area contributed by atoms with Crippen molar-refractivity contribution in [3.63, 3.8) is 0 Å². The highest BCUT2D eigenvalue weighted by atomic mass is 16.3. The van der Waals surface area contributed by atoms with Crippen LogP contribution in [0.1, 0.15) is 254 Å². The van der Waals surface area contributed by atoms with Crippen molar-refractivity contribution >= 4 is 0 Å². The van der Waals surface area contributed by atoms with Gasteiger partial charge in [0.05, 0.1) is 36.6 Å². The third-order valence-electron chi connectivity index (χ3n) is 23.8. The van der Waals surface area contributed by atoms with Gasteiger partial charge in [-0.3, -0.25) is 0 Å². The van der Waals surface area contributed by atoms with Crippen LogP contribution < -0.4 is 0 Å². The molecule has 18 atom stereocenters. The standard InChI is InChI=1S/2C23H38O2.C23H36O2.3CH4.H2/c3*1-5-15(2)19-10-11-20-18(7-6-12-23(19,20)4)9-8-17-13-21(24)16(3)22(25)14-17;;;;/h2*8-9,15-16,19-22,24-25H,5-7,10-14H2,1-4H3;8-9,15,19-22,24-25H,3,5-7,10-14H2,1-2,4H3;3*1H4;1H/b2*17-8?,18-9+;18-9+;;;;/t2*15-,16?,19?,20-,21+,22+,23+;15-,19?,20-,21+,22+,23+;;;;/m000..../s1. The first-order chi connectivity index (χ1) is 35.6. The molecule has 0 heterocycles. The van der Waals surface area contributed by atoms with Crippen LogP contribution in [0.15, 0.2) is 82.0 Å². The summed E-state index contributed by atoms with van der Waals surface area (Å²) in [5, 5.41) is 60.7. The first-order valence-corrected chi connectivity index (χ1v) is 31.5. The van der Waals surface area contributed by atoms with Crippen LogP contribution >= 0.6 is 0 Å². The SMILES string of the molecule is C.C.C.C=C1[C@H](O)CC(=C/C=C2\CCC[C@]3(C)C([C@@H](C)CC)CC[C@@H]23)C[C@H]1O.CC[C@H](C)C1CC[C@H]2/C(=C/C=C3C[C@@H](O)C(C)[C@H](O)C3)CCC[C@]12C.CC[C@H](C)C1CC[C@H]2/C(=C/C=C3C[C@@H](O)C(C)[C@H](O)C3)CCC[C@]12C.[HH]. The average molecular weight is 1090 g/mol. The second kappa shape index (κ2) is 29.5. The first-order valence-electron chi connectivity index (χ1n) is 31.5. The molecule has 6 N–H and O–H groups in total. The third kappa shape index (κ3) is 14.8. The monoisotopic (exact) mass is 1090 g/mol. The van der Waals surface area contributed by atoms with Gasteiger partial charge in [0.1, 0.15) is 0 Å². The molecule has 0 radical (unpaired) electrons. The lowest BCUT2D eigenvalue weighted by molar-refractivity contribution is 0.00358. The number of rotatable bonds is 9. The van der Waals surface area contributed by atoms with Crippen LogP contribution in [0.3, 0.4) is 0 Å². The molecule has 0 spiro atoms. The molecular weight excluding hydrogens is 961 g/mol. The van der Waals surface area contributed by atoms with Crippen LogP contribution in [0.4, 0.5) is 0 Å². The number of hydrogen-bond acceptors (Lipinski definition) is 6. The fourth-order valence-electron chi connectivity index (χ4n) is 18.1. The lowest BCUT2D eigenvalue weighted by atomic mass is 9.61. The van der Waals surface area contributed by atoms with Crippen molar-refractivity contribution < 1.29 is 32.1 Å². The number of allylic oxidation sites excluding steroid dienone is 9. The van der Waals surface area contributed by atoms with Crippen molar-refractivity contribution in [1.29, 1.82) is 0 Å². The average Bonchev–Trinajstić information content (AvgIpc) is 4.19. The quantitative estimate of drug-likeness (QED) is 0.128. The Hall–Kier alpha value is -2.06. The maximum atomic E-state index is 10.1. The minimum atomic E-state index is -0.591. The molecular formula is C72H126O6. The zero-order chi connectivity index (χ0) is 54.6. The molecule has 0 aromatic carbocycles. The summed E-state index contributed by atoms with van der Waals surface area (Å²) in [6.45, 7) is 29.7. The molecule has 78 heavy (non-hydrogen) atoms. The van der Waals surface area contributed by atoms with Gasteiger partial charge in [-0.05, 0) is 210 Å². The van der Waals surface area contributed by atoms with Crippen molar-refractivity contribution in [2.24, 2.45) is 81.3 Å². The fraction of sp³-hybridized carbons (Fsp3) is 0.806. The van der Waals surface area contributed by atoms with Gasteiger partial charge in [-0.15, -0.1) is 0 Å². The van der Waals surface area contributed by atoms with Crippen molar-refractivity contribution in [2.45, 2.75) is 289 Å². The highest BCUT2D eigenvalue weighted by Crippen LogP contribution is 2.62. The van der Waals surface area contributed by atoms with E-state index in [1.165, 1.54) is 127 Å². The zero-order valence-corrected chi connectivity index (χ0v) is 49.6. The Labute approximate surface area is 482 Å². The Bertz CT molecular complexity index is 1970. The number of aliphatic hydroxyl groups is 6. The van der Waals surface area contributed by atoms with Crippen molar-refractivity contribution in [1.82, 2.24) is 0 Å². The summed E-state index contributed by atoms with van der Waals surface area (Å²) in [7, 11) is 0. The Morgan fingerprint density at radius 1 is 0.449 bits per heavy atom. The van der Waals surface area contributed by atoms with Crippen molar-refractivity contribution in [3.05, 3.63) is 82.0 Å². The topological polar surface area (TPSA) is 121 Å². The molecule has 3 unspecified atom stereocenters. The summed E-state index contributed by atoms with van der Waals surface area (Å²) < 4.78 is 0. The van der Waals surface area contributed by atoms with Crippen molar-refractivity contribution in [2.75, 3.05) is 0 Å². The Morgan fingerprint density at radius 2 is 0.705 bits per heavy atom. The van der Waals surface area contributed by atoms with Crippen LogP contribution in [0.25, 0.3) is 0 Å². The highest BCUT2D eigenvalue weighted by Gasteiger charge is 2.53. The van der Waals surface area contributed by atoms with Gasteiger partial charge in [0, 0.05) is 13.3 Å². The predicted molar refractivity (Wildman–Crippen MR) is 335 cm³/mol. The minimum absolute atomic E-state index is 0.